The van der Waals surface area contributed by atoms with Gasteiger partial charge in [-0.15, -0.1) is 11.8 Å². The molecule has 0 radical (unpaired) electrons. The Bertz CT molecular complexity index is 751. The predicted molar refractivity (Wildman–Crippen MR) is 99.9 cm³/mol. The standard InChI is InChI=1S/C18H16FNO2S2/c1-23-18-20-17(21)16(24-18)10-12-4-8-15(9-5-12)22-11-13-2-6-14(19)7-3-13/h2,4-10,13H,3,11H2,1H3/b16-10-. The van der Waals surface area contributed by atoms with E-state index < -0.39 is 0 Å². The van der Waals surface area contributed by atoms with Crippen LogP contribution >= 0.6 is 23.5 Å². The average molecular weight is 361 g/mol. The van der Waals surface area contributed by atoms with E-state index in [9.17, 15) is 9.18 Å². The Labute approximate surface area is 148 Å². The molecule has 1 heterocycles. The smallest absolute Gasteiger partial charge is 0.285 e. The fourth-order valence-corrected chi connectivity index (χ4v) is 3.68. The zero-order chi connectivity index (χ0) is 16.9. The van der Waals surface area contributed by atoms with Crippen molar-refractivity contribution in [2.24, 2.45) is 10.9 Å². The first-order valence-electron chi connectivity index (χ1n) is 7.47. The Hall–Kier alpha value is -1.79. The summed E-state index contributed by atoms with van der Waals surface area (Å²) in [6.07, 6.45) is 9.28. The molecule has 1 amide bonds. The van der Waals surface area contributed by atoms with Crippen LogP contribution in [0.15, 0.2) is 58.2 Å². The Morgan fingerprint density at radius 1 is 1.42 bits per heavy atom. The van der Waals surface area contributed by atoms with E-state index in [0.717, 1.165) is 15.7 Å². The highest BCUT2D eigenvalue weighted by Crippen LogP contribution is 2.32. The number of carbonyl (C=O) groups excluding carboxylic acids is 1. The van der Waals surface area contributed by atoms with Crippen LogP contribution in [0.4, 0.5) is 4.39 Å². The molecule has 0 fully saturated rings. The molecular weight excluding hydrogens is 345 g/mol. The molecule has 0 N–H and O–H groups in total. The first kappa shape index (κ1) is 17.0. The zero-order valence-corrected chi connectivity index (χ0v) is 14.7. The normalized spacial score (nSPS) is 21.8. The molecule has 2 aliphatic rings. The molecule has 1 aromatic rings. The van der Waals surface area contributed by atoms with Crippen LogP contribution in [0.2, 0.25) is 0 Å². The largest absolute Gasteiger partial charge is 0.493 e. The molecule has 0 spiro atoms. The predicted octanol–water partition coefficient (Wildman–Crippen LogP) is 4.83. The molecule has 1 unspecified atom stereocenters. The second kappa shape index (κ2) is 7.85. The summed E-state index contributed by atoms with van der Waals surface area (Å²) in [5, 5.41) is 0. The molecule has 0 aromatic heterocycles. The first-order chi connectivity index (χ1) is 11.6. The summed E-state index contributed by atoms with van der Waals surface area (Å²) in [6.45, 7) is 0.514. The number of benzene rings is 1. The minimum absolute atomic E-state index is 0.184. The molecule has 6 heteroatoms. The van der Waals surface area contributed by atoms with E-state index in [-0.39, 0.29) is 17.7 Å². The molecule has 1 aromatic carbocycles. The number of thioether (sulfide) groups is 2. The molecular formula is C18H16FNO2S2. The summed E-state index contributed by atoms with van der Waals surface area (Å²) in [5.74, 6) is 0.582. The van der Waals surface area contributed by atoms with E-state index in [1.54, 1.807) is 6.08 Å². The van der Waals surface area contributed by atoms with Crippen molar-refractivity contribution >= 4 is 39.9 Å². The summed E-state index contributed by atoms with van der Waals surface area (Å²) in [6, 6.07) is 7.55. The number of aliphatic imine (C=N–C) groups is 1. The van der Waals surface area contributed by atoms with Crippen LogP contribution in [-0.4, -0.2) is 23.1 Å². The fraction of sp³-hybridized carbons (Fsp3) is 0.222. The van der Waals surface area contributed by atoms with Gasteiger partial charge in [0.25, 0.3) is 5.91 Å². The number of rotatable bonds is 4. The quantitative estimate of drug-likeness (QED) is 0.720. The van der Waals surface area contributed by atoms with Crippen LogP contribution in [0, 0.1) is 5.92 Å². The van der Waals surface area contributed by atoms with Gasteiger partial charge in [0, 0.05) is 5.92 Å². The Morgan fingerprint density at radius 2 is 2.21 bits per heavy atom. The SMILES string of the molecule is CSC1=NC(=O)/C(=C/c2ccc(OCC3C=CC(F)=CC3)cc2)S1. The summed E-state index contributed by atoms with van der Waals surface area (Å²) >= 11 is 2.87. The minimum atomic E-state index is -0.186. The van der Waals surface area contributed by atoms with Crippen molar-refractivity contribution < 1.29 is 13.9 Å². The van der Waals surface area contributed by atoms with Gasteiger partial charge in [-0.1, -0.05) is 30.0 Å². The number of amides is 1. The van der Waals surface area contributed by atoms with Crippen LogP contribution in [0.5, 0.6) is 5.75 Å². The lowest BCUT2D eigenvalue weighted by atomic mass is 10.0. The molecule has 24 heavy (non-hydrogen) atoms. The number of carbonyl (C=O) groups is 1. The third-order valence-corrected chi connectivity index (χ3v) is 5.53. The molecule has 1 atom stereocenters. The zero-order valence-electron chi connectivity index (χ0n) is 13.1. The van der Waals surface area contributed by atoms with Gasteiger partial charge < -0.3 is 4.74 Å². The molecule has 3 nitrogen and oxygen atoms in total. The molecule has 0 bridgehead atoms. The third kappa shape index (κ3) is 4.39. The molecule has 0 saturated carbocycles. The van der Waals surface area contributed by atoms with E-state index in [2.05, 4.69) is 4.99 Å². The summed E-state index contributed by atoms with van der Waals surface area (Å²) in [7, 11) is 0. The van der Waals surface area contributed by atoms with Gasteiger partial charge >= 0.3 is 0 Å². The lowest BCUT2D eigenvalue weighted by molar-refractivity contribution is -0.113. The van der Waals surface area contributed by atoms with Gasteiger partial charge in [0.2, 0.25) is 0 Å². The number of hydrogen-bond donors (Lipinski definition) is 0. The highest BCUT2D eigenvalue weighted by molar-refractivity contribution is 8.40. The van der Waals surface area contributed by atoms with Crippen LogP contribution in [0.25, 0.3) is 6.08 Å². The van der Waals surface area contributed by atoms with Crippen molar-refractivity contribution in [3.8, 4) is 5.75 Å². The van der Waals surface area contributed by atoms with Crippen LogP contribution < -0.4 is 4.74 Å². The fourth-order valence-electron chi connectivity index (χ4n) is 2.25. The van der Waals surface area contributed by atoms with Crippen molar-refractivity contribution in [1.29, 1.82) is 0 Å². The summed E-state index contributed by atoms with van der Waals surface area (Å²) in [5.41, 5.74) is 0.929. The van der Waals surface area contributed by atoms with Crippen molar-refractivity contribution in [2.75, 3.05) is 12.9 Å². The van der Waals surface area contributed by atoms with Crippen LogP contribution in [0.3, 0.4) is 0 Å². The Kier molecular flexibility index (Phi) is 5.58. The monoisotopic (exact) mass is 361 g/mol. The molecule has 0 saturated heterocycles. The van der Waals surface area contributed by atoms with E-state index in [0.29, 0.717) is 17.9 Å². The molecule has 1 aliphatic carbocycles. The second-order valence-corrected chi connectivity index (χ2v) is 7.41. The highest BCUT2D eigenvalue weighted by Gasteiger charge is 2.20. The van der Waals surface area contributed by atoms with Crippen molar-refractivity contribution in [2.45, 2.75) is 6.42 Å². The number of allylic oxidation sites excluding steroid dienone is 3. The second-order valence-electron chi connectivity index (χ2n) is 5.32. The maximum Gasteiger partial charge on any atom is 0.285 e. The number of nitrogens with zero attached hydrogens (tertiary/aromatic N) is 1. The number of ether oxygens (including phenoxy) is 1. The van der Waals surface area contributed by atoms with Gasteiger partial charge in [-0.05, 0) is 48.6 Å². The van der Waals surface area contributed by atoms with Crippen molar-refractivity contribution in [3.05, 3.63) is 58.8 Å². The van der Waals surface area contributed by atoms with Gasteiger partial charge in [-0.3, -0.25) is 4.79 Å². The van der Waals surface area contributed by atoms with Crippen LogP contribution in [0.1, 0.15) is 12.0 Å². The Balaban J connectivity index is 1.56. The van der Waals surface area contributed by atoms with Gasteiger partial charge in [-0.25, -0.2) is 4.39 Å². The first-order valence-corrected chi connectivity index (χ1v) is 9.51. The maximum absolute atomic E-state index is 12.9. The van der Waals surface area contributed by atoms with E-state index in [1.807, 2.05) is 42.7 Å². The highest BCUT2D eigenvalue weighted by atomic mass is 32.2. The minimum Gasteiger partial charge on any atom is -0.493 e. The van der Waals surface area contributed by atoms with E-state index in [1.165, 1.54) is 29.6 Å². The molecule has 124 valence electrons. The lowest BCUT2D eigenvalue weighted by Gasteiger charge is -2.14. The lowest BCUT2D eigenvalue weighted by Crippen LogP contribution is -2.10. The van der Waals surface area contributed by atoms with Gasteiger partial charge in [0.05, 0.1) is 11.5 Å². The summed E-state index contributed by atoms with van der Waals surface area (Å²) < 4.78 is 19.4. The van der Waals surface area contributed by atoms with Gasteiger partial charge in [0.15, 0.2) is 0 Å². The average Bonchev–Trinajstić information content (AvgIpc) is 2.96. The number of hydrogen-bond acceptors (Lipinski definition) is 4. The maximum atomic E-state index is 12.9. The molecule has 3 rings (SSSR count). The molecule has 1 aliphatic heterocycles. The van der Waals surface area contributed by atoms with Gasteiger partial charge in [-0.2, -0.15) is 4.99 Å². The van der Waals surface area contributed by atoms with E-state index >= 15 is 0 Å². The topological polar surface area (TPSA) is 38.7 Å². The van der Waals surface area contributed by atoms with E-state index in [4.69, 9.17) is 4.74 Å². The Morgan fingerprint density at radius 3 is 2.83 bits per heavy atom. The van der Waals surface area contributed by atoms with Gasteiger partial charge in [0.1, 0.15) is 16.0 Å². The van der Waals surface area contributed by atoms with Crippen molar-refractivity contribution in [1.82, 2.24) is 0 Å². The number of halogens is 1. The van der Waals surface area contributed by atoms with Crippen molar-refractivity contribution in [3.63, 3.8) is 0 Å². The van der Waals surface area contributed by atoms with Crippen LogP contribution in [-0.2, 0) is 4.79 Å². The summed E-state index contributed by atoms with van der Waals surface area (Å²) in [4.78, 5) is 16.4. The third-order valence-electron chi connectivity index (χ3n) is 3.56.